The Kier molecular flexibility index (Phi) is 4.66. The third kappa shape index (κ3) is 3.20. The summed E-state index contributed by atoms with van der Waals surface area (Å²) >= 11 is 5.33. The van der Waals surface area contributed by atoms with Crippen LogP contribution in [0.25, 0.3) is 11.5 Å². The molecule has 1 aromatic carbocycles. The van der Waals surface area contributed by atoms with Gasteiger partial charge in [-0.05, 0) is 67.7 Å². The van der Waals surface area contributed by atoms with Crippen LogP contribution >= 0.6 is 12.2 Å². The summed E-state index contributed by atoms with van der Waals surface area (Å²) in [5, 5.41) is 19.2. The first-order chi connectivity index (χ1) is 12.8. The molecule has 0 unspecified atom stereocenters. The van der Waals surface area contributed by atoms with E-state index < -0.39 is 0 Å². The molecule has 0 atom stereocenters. The van der Waals surface area contributed by atoms with Gasteiger partial charge in [-0.3, -0.25) is 5.10 Å². The predicted octanol–water partition coefficient (Wildman–Crippen LogP) is 3.49. The number of hydrogen-bond acceptors (Lipinski definition) is 5. The lowest BCUT2D eigenvalue weighted by Gasteiger charge is -2.04. The predicted molar refractivity (Wildman–Crippen MR) is 102 cm³/mol. The fourth-order valence-corrected chi connectivity index (χ4v) is 3.23. The van der Waals surface area contributed by atoms with Crippen molar-refractivity contribution in [2.75, 3.05) is 6.61 Å². The minimum Gasteiger partial charge on any atom is -0.494 e. The third-order valence-corrected chi connectivity index (χ3v) is 4.61. The molecule has 2 N–H and O–H groups in total. The van der Waals surface area contributed by atoms with Gasteiger partial charge in [-0.2, -0.15) is 20.0 Å². The van der Waals surface area contributed by atoms with Crippen LogP contribution in [0.5, 0.6) is 5.75 Å². The highest BCUT2D eigenvalue weighted by atomic mass is 32.1. The molecule has 4 rings (SSSR count). The summed E-state index contributed by atoms with van der Waals surface area (Å²) in [6, 6.07) is 7.80. The van der Waals surface area contributed by atoms with E-state index in [0.29, 0.717) is 10.6 Å². The Morgan fingerprint density at radius 1 is 1.23 bits per heavy atom. The highest BCUT2D eigenvalue weighted by molar-refractivity contribution is 7.71. The number of ether oxygens (including phenoxy) is 1. The van der Waals surface area contributed by atoms with Gasteiger partial charge in [-0.25, -0.2) is 5.10 Å². The molecule has 0 saturated carbocycles. The van der Waals surface area contributed by atoms with Crippen molar-refractivity contribution < 1.29 is 4.74 Å². The van der Waals surface area contributed by atoms with Crippen molar-refractivity contribution in [2.45, 2.75) is 32.6 Å². The van der Waals surface area contributed by atoms with Gasteiger partial charge in [0.2, 0.25) is 10.6 Å². The van der Waals surface area contributed by atoms with Crippen molar-refractivity contribution in [2.24, 2.45) is 5.10 Å². The summed E-state index contributed by atoms with van der Waals surface area (Å²) in [7, 11) is 0. The number of H-pyrrole nitrogens is 2. The maximum Gasteiger partial charge on any atom is 0.216 e. The molecule has 8 heteroatoms. The second kappa shape index (κ2) is 7.25. The highest BCUT2D eigenvalue weighted by Crippen LogP contribution is 2.29. The van der Waals surface area contributed by atoms with Crippen LogP contribution in [0.2, 0.25) is 0 Å². The van der Waals surface area contributed by atoms with Gasteiger partial charge in [-0.1, -0.05) is 6.92 Å². The summed E-state index contributed by atoms with van der Waals surface area (Å²) in [4.78, 5) is 0. The SMILES string of the molecule is CCCOc1ccc(/C=N/n2c(-c3n[nH]c4c3CCC4)n[nH]c2=S)cc1. The van der Waals surface area contributed by atoms with E-state index >= 15 is 0 Å². The second-order valence-corrected chi connectivity index (χ2v) is 6.60. The Morgan fingerprint density at radius 2 is 2.08 bits per heavy atom. The zero-order chi connectivity index (χ0) is 17.9. The van der Waals surface area contributed by atoms with Crippen molar-refractivity contribution >= 4 is 18.4 Å². The molecule has 2 aromatic heterocycles. The number of aryl methyl sites for hydroxylation is 1. The molecule has 0 radical (unpaired) electrons. The molecule has 2 heterocycles. The zero-order valence-electron chi connectivity index (χ0n) is 14.5. The minimum atomic E-state index is 0.439. The molecule has 0 aliphatic heterocycles. The number of aromatic amines is 2. The van der Waals surface area contributed by atoms with Crippen LogP contribution in [-0.2, 0) is 12.8 Å². The third-order valence-electron chi connectivity index (χ3n) is 4.34. The van der Waals surface area contributed by atoms with Crippen LogP contribution in [0.1, 0.15) is 36.6 Å². The van der Waals surface area contributed by atoms with Crippen molar-refractivity contribution in [3.05, 3.63) is 45.9 Å². The van der Waals surface area contributed by atoms with Crippen LogP contribution in [0.3, 0.4) is 0 Å². The number of aromatic nitrogens is 5. The van der Waals surface area contributed by atoms with E-state index in [4.69, 9.17) is 17.0 Å². The number of hydrogen-bond donors (Lipinski definition) is 2. The fraction of sp³-hybridized carbons (Fsp3) is 0.333. The monoisotopic (exact) mass is 368 g/mol. The molecule has 0 spiro atoms. The average Bonchev–Trinajstić information content (AvgIpc) is 3.35. The van der Waals surface area contributed by atoms with Crippen LogP contribution in [0, 0.1) is 4.77 Å². The molecule has 1 aliphatic rings. The fourth-order valence-electron chi connectivity index (χ4n) is 3.05. The number of fused-ring (bicyclic) bond motifs is 1. The molecule has 0 amide bonds. The molecule has 0 bridgehead atoms. The van der Waals surface area contributed by atoms with Crippen molar-refractivity contribution in [3.8, 4) is 17.3 Å². The summed E-state index contributed by atoms with van der Waals surface area (Å²) < 4.78 is 7.65. The van der Waals surface area contributed by atoms with E-state index in [1.807, 2.05) is 24.3 Å². The molecule has 0 fully saturated rings. The van der Waals surface area contributed by atoms with Gasteiger partial charge in [0, 0.05) is 11.3 Å². The molecule has 26 heavy (non-hydrogen) atoms. The number of nitrogens with one attached hydrogen (secondary N) is 2. The molecular weight excluding hydrogens is 348 g/mol. The first kappa shape index (κ1) is 16.7. The van der Waals surface area contributed by atoms with Gasteiger partial charge in [-0.15, -0.1) is 0 Å². The first-order valence-electron chi connectivity index (χ1n) is 8.77. The number of rotatable bonds is 6. The number of nitrogens with zero attached hydrogens (tertiary/aromatic N) is 4. The highest BCUT2D eigenvalue weighted by Gasteiger charge is 2.23. The van der Waals surface area contributed by atoms with E-state index in [-0.39, 0.29) is 0 Å². The Bertz CT molecular complexity index is 982. The normalized spacial score (nSPS) is 13.4. The van der Waals surface area contributed by atoms with E-state index in [0.717, 1.165) is 49.3 Å². The van der Waals surface area contributed by atoms with Gasteiger partial charge < -0.3 is 4.74 Å². The van der Waals surface area contributed by atoms with E-state index in [1.165, 1.54) is 11.3 Å². The molecular formula is C18H20N6OS. The lowest BCUT2D eigenvalue weighted by molar-refractivity contribution is 0.317. The zero-order valence-corrected chi connectivity index (χ0v) is 15.3. The van der Waals surface area contributed by atoms with Crippen LogP contribution in [0.15, 0.2) is 29.4 Å². The maximum atomic E-state index is 5.60. The average molecular weight is 368 g/mol. The summed E-state index contributed by atoms with van der Waals surface area (Å²) in [6.45, 7) is 2.80. The summed E-state index contributed by atoms with van der Waals surface area (Å²) in [6.07, 6.45) is 5.91. The molecule has 3 aromatic rings. The first-order valence-corrected chi connectivity index (χ1v) is 9.18. The van der Waals surface area contributed by atoms with E-state index in [9.17, 15) is 0 Å². The van der Waals surface area contributed by atoms with Gasteiger partial charge in [0.15, 0.2) is 0 Å². The molecule has 1 aliphatic carbocycles. The number of benzene rings is 1. The van der Waals surface area contributed by atoms with Crippen LogP contribution in [0.4, 0.5) is 0 Å². The van der Waals surface area contributed by atoms with Gasteiger partial charge in [0.25, 0.3) is 0 Å². The largest absolute Gasteiger partial charge is 0.494 e. The van der Waals surface area contributed by atoms with Crippen LogP contribution in [-0.4, -0.2) is 37.9 Å². The van der Waals surface area contributed by atoms with Crippen molar-refractivity contribution in [1.82, 2.24) is 25.1 Å². The van der Waals surface area contributed by atoms with Gasteiger partial charge >= 0.3 is 0 Å². The summed E-state index contributed by atoms with van der Waals surface area (Å²) in [5.74, 6) is 1.49. The second-order valence-electron chi connectivity index (χ2n) is 6.21. The topological polar surface area (TPSA) is 83.9 Å². The molecule has 7 nitrogen and oxygen atoms in total. The van der Waals surface area contributed by atoms with Gasteiger partial charge in [0.1, 0.15) is 11.4 Å². The van der Waals surface area contributed by atoms with E-state index in [1.54, 1.807) is 10.9 Å². The molecule has 134 valence electrons. The quantitative estimate of drug-likeness (QED) is 0.515. The lowest BCUT2D eigenvalue weighted by atomic mass is 10.2. The van der Waals surface area contributed by atoms with Gasteiger partial charge in [0.05, 0.1) is 12.8 Å². The standard InChI is InChI=1S/C18H20N6OS/c1-2-10-25-13-8-6-12(7-9-13)11-19-24-17(22-23-18(24)26)16-14-4-3-5-15(14)20-21-16/h6-9,11H,2-5,10H2,1H3,(H,20,21)(H,23,26)/b19-11+. The maximum absolute atomic E-state index is 5.60. The Hall–Kier alpha value is -2.74. The smallest absolute Gasteiger partial charge is 0.216 e. The van der Waals surface area contributed by atoms with Crippen LogP contribution < -0.4 is 4.74 Å². The Balaban J connectivity index is 1.60. The Morgan fingerprint density at radius 3 is 2.88 bits per heavy atom. The minimum absolute atomic E-state index is 0.439. The molecule has 0 saturated heterocycles. The van der Waals surface area contributed by atoms with Crippen molar-refractivity contribution in [1.29, 1.82) is 0 Å². The van der Waals surface area contributed by atoms with E-state index in [2.05, 4.69) is 32.4 Å². The summed E-state index contributed by atoms with van der Waals surface area (Å²) in [5.41, 5.74) is 4.18. The van der Waals surface area contributed by atoms with Crippen molar-refractivity contribution in [3.63, 3.8) is 0 Å². The Labute approximate surface area is 156 Å². The lowest BCUT2D eigenvalue weighted by Crippen LogP contribution is -1.98.